The van der Waals surface area contributed by atoms with Crippen LogP contribution in [-0.2, 0) is 11.3 Å². The maximum atomic E-state index is 13.0. The van der Waals surface area contributed by atoms with Crippen LogP contribution in [0.3, 0.4) is 0 Å². The summed E-state index contributed by atoms with van der Waals surface area (Å²) in [6.45, 7) is 5.48. The molecule has 1 aliphatic rings. The number of fused-ring (bicyclic) bond motifs is 1. The smallest absolute Gasteiger partial charge is 0.271 e. The first-order valence-corrected chi connectivity index (χ1v) is 10.3. The lowest BCUT2D eigenvalue weighted by molar-refractivity contribution is -0.133. The monoisotopic (exact) mass is 422 g/mol. The van der Waals surface area contributed by atoms with Gasteiger partial charge in [-0.1, -0.05) is 6.08 Å². The van der Waals surface area contributed by atoms with Crippen molar-refractivity contribution in [2.24, 2.45) is 0 Å². The number of amides is 2. The van der Waals surface area contributed by atoms with E-state index >= 15 is 0 Å². The number of hydrogen-bond donors (Lipinski definition) is 3. The van der Waals surface area contributed by atoms with Crippen molar-refractivity contribution in [3.8, 4) is 0 Å². The van der Waals surface area contributed by atoms with Gasteiger partial charge in [-0.2, -0.15) is 5.10 Å². The number of nitrogens with two attached hydrogens (primary N) is 1. The molecule has 1 fully saturated rings. The van der Waals surface area contributed by atoms with Gasteiger partial charge in [0.25, 0.3) is 5.91 Å². The van der Waals surface area contributed by atoms with Crippen molar-refractivity contribution in [1.29, 1.82) is 0 Å². The van der Waals surface area contributed by atoms with E-state index in [2.05, 4.69) is 31.9 Å². The van der Waals surface area contributed by atoms with Crippen LogP contribution in [-0.4, -0.2) is 60.1 Å². The lowest BCUT2D eigenvalue weighted by atomic mass is 9.84. The third-order valence-electron chi connectivity index (χ3n) is 5.77. The molecule has 0 bridgehead atoms. The first-order valence-electron chi connectivity index (χ1n) is 10.3. The van der Waals surface area contributed by atoms with Gasteiger partial charge in [-0.15, -0.1) is 6.58 Å². The first kappa shape index (κ1) is 20.6. The number of nitrogens with one attached hydrogen (secondary N) is 2. The zero-order chi connectivity index (χ0) is 21.8. The molecule has 4 N–H and O–H groups in total. The number of aryl methyl sites for hydroxylation is 1. The molecule has 2 amide bonds. The van der Waals surface area contributed by atoms with E-state index in [1.54, 1.807) is 29.2 Å². The number of nitrogens with zero attached hydrogens (tertiary/aromatic N) is 5. The molecule has 1 saturated heterocycles. The maximum Gasteiger partial charge on any atom is 0.271 e. The summed E-state index contributed by atoms with van der Waals surface area (Å²) in [5.41, 5.74) is 6.12. The predicted octanol–water partition coefficient (Wildman–Crippen LogP) is 1.49. The molecule has 0 unspecified atom stereocenters. The molecule has 0 atom stereocenters. The largest absolute Gasteiger partial charge is 0.382 e. The Morgan fingerprint density at radius 3 is 2.81 bits per heavy atom. The summed E-state index contributed by atoms with van der Waals surface area (Å²) in [5, 5.41) is 7.96. The summed E-state index contributed by atoms with van der Waals surface area (Å²) in [5.74, 6) is 0.262. The van der Waals surface area contributed by atoms with E-state index in [4.69, 9.17) is 5.73 Å². The number of piperidine rings is 1. The van der Waals surface area contributed by atoms with E-state index in [0.29, 0.717) is 67.9 Å². The van der Waals surface area contributed by atoms with Crippen LogP contribution in [0.2, 0.25) is 0 Å². The molecule has 0 aliphatic carbocycles. The summed E-state index contributed by atoms with van der Waals surface area (Å²) >= 11 is 0. The van der Waals surface area contributed by atoms with E-state index in [0.717, 1.165) is 0 Å². The van der Waals surface area contributed by atoms with Crippen LogP contribution in [0.25, 0.3) is 11.0 Å². The third-order valence-corrected chi connectivity index (χ3v) is 5.77. The average Bonchev–Trinajstić information content (AvgIpc) is 3.41. The highest BCUT2D eigenvalue weighted by Crippen LogP contribution is 2.28. The maximum absolute atomic E-state index is 13.0. The van der Waals surface area contributed by atoms with E-state index < -0.39 is 5.54 Å². The van der Waals surface area contributed by atoms with Gasteiger partial charge in [0, 0.05) is 44.0 Å². The van der Waals surface area contributed by atoms with Crippen molar-refractivity contribution < 1.29 is 9.59 Å². The van der Waals surface area contributed by atoms with Crippen molar-refractivity contribution in [1.82, 2.24) is 34.9 Å². The molecule has 4 rings (SSSR count). The van der Waals surface area contributed by atoms with Crippen molar-refractivity contribution in [3.63, 3.8) is 0 Å². The van der Waals surface area contributed by atoms with Gasteiger partial charge >= 0.3 is 0 Å². The Labute approximate surface area is 179 Å². The lowest BCUT2D eigenvalue weighted by Crippen LogP contribution is -2.56. The standard InChI is InChI=1S/C21H26N8O2/c1-2-6-21(26-20(31)18-15-3-9-23-19(15)25-14-24-18)7-12-28(13-8-21)17(30)5-11-29-10-4-16(22)27-29/h2-4,9-10,14H,1,5-8,11-13H2,(H2,22,27)(H,26,31)(H,23,24,25). The number of likely N-dealkylation sites (tertiary alicyclic amines) is 1. The number of carbonyl (C=O) groups excluding carboxylic acids is 2. The highest BCUT2D eigenvalue weighted by molar-refractivity contribution is 6.03. The predicted molar refractivity (Wildman–Crippen MR) is 116 cm³/mol. The van der Waals surface area contributed by atoms with Gasteiger partial charge in [-0.05, 0) is 31.4 Å². The highest BCUT2D eigenvalue weighted by Gasteiger charge is 2.37. The number of nitrogen functional groups attached to an aromatic ring is 1. The molecular formula is C21H26N8O2. The summed E-state index contributed by atoms with van der Waals surface area (Å²) in [6, 6.07) is 3.50. The molecule has 1 aliphatic heterocycles. The van der Waals surface area contributed by atoms with Crippen LogP contribution in [0.15, 0.2) is 43.5 Å². The summed E-state index contributed by atoms with van der Waals surface area (Å²) in [6.07, 6.45) is 8.95. The fourth-order valence-electron chi connectivity index (χ4n) is 4.06. The molecular weight excluding hydrogens is 396 g/mol. The van der Waals surface area contributed by atoms with Crippen LogP contribution in [0.1, 0.15) is 36.2 Å². The van der Waals surface area contributed by atoms with E-state index in [9.17, 15) is 9.59 Å². The zero-order valence-electron chi connectivity index (χ0n) is 17.3. The molecule has 0 spiro atoms. The molecule has 3 aromatic heterocycles. The SMILES string of the molecule is C=CCC1(NC(=O)c2ncnc3[nH]ccc23)CCN(C(=O)CCn2ccc(N)n2)CC1. The fraction of sp³-hybridized carbons (Fsp3) is 0.381. The Morgan fingerprint density at radius 1 is 1.29 bits per heavy atom. The van der Waals surface area contributed by atoms with Crippen LogP contribution < -0.4 is 11.1 Å². The van der Waals surface area contributed by atoms with Gasteiger partial charge in [-0.25, -0.2) is 9.97 Å². The Balaban J connectivity index is 1.39. The van der Waals surface area contributed by atoms with Gasteiger partial charge < -0.3 is 20.9 Å². The molecule has 4 heterocycles. The van der Waals surface area contributed by atoms with Crippen LogP contribution >= 0.6 is 0 Å². The first-order chi connectivity index (χ1) is 15.0. The zero-order valence-corrected chi connectivity index (χ0v) is 17.3. The van der Waals surface area contributed by atoms with Crippen molar-refractivity contribution in [2.45, 2.75) is 37.8 Å². The normalized spacial score (nSPS) is 15.7. The van der Waals surface area contributed by atoms with Crippen LogP contribution in [0, 0.1) is 0 Å². The average molecular weight is 422 g/mol. The highest BCUT2D eigenvalue weighted by atomic mass is 16.2. The minimum atomic E-state index is -0.459. The Bertz CT molecular complexity index is 1090. The summed E-state index contributed by atoms with van der Waals surface area (Å²) in [7, 11) is 0. The quantitative estimate of drug-likeness (QED) is 0.494. The van der Waals surface area contributed by atoms with Gasteiger partial charge in [0.15, 0.2) is 0 Å². The second-order valence-electron chi connectivity index (χ2n) is 7.82. The van der Waals surface area contributed by atoms with Gasteiger partial charge in [0.1, 0.15) is 23.5 Å². The molecule has 0 saturated carbocycles. The van der Waals surface area contributed by atoms with Gasteiger partial charge in [0.2, 0.25) is 5.91 Å². The van der Waals surface area contributed by atoms with Crippen molar-refractivity contribution in [2.75, 3.05) is 18.8 Å². The number of aromatic amines is 1. The Kier molecular flexibility index (Phi) is 5.70. The molecule has 162 valence electrons. The molecule has 0 aromatic carbocycles. The number of H-pyrrole nitrogens is 1. The Hall–Kier alpha value is -3.69. The molecule has 10 heteroatoms. The van der Waals surface area contributed by atoms with E-state index in [1.165, 1.54) is 6.33 Å². The fourth-order valence-corrected chi connectivity index (χ4v) is 4.06. The number of hydrogen-bond acceptors (Lipinski definition) is 6. The van der Waals surface area contributed by atoms with E-state index in [1.807, 2.05) is 11.0 Å². The van der Waals surface area contributed by atoms with Crippen LogP contribution in [0.4, 0.5) is 5.82 Å². The second-order valence-corrected chi connectivity index (χ2v) is 7.82. The van der Waals surface area contributed by atoms with Crippen molar-refractivity contribution in [3.05, 3.63) is 49.2 Å². The number of aromatic nitrogens is 5. The van der Waals surface area contributed by atoms with Crippen molar-refractivity contribution >= 4 is 28.7 Å². The number of anilines is 1. The summed E-state index contributed by atoms with van der Waals surface area (Å²) < 4.78 is 1.67. The third kappa shape index (κ3) is 4.42. The van der Waals surface area contributed by atoms with Gasteiger partial charge in [-0.3, -0.25) is 14.3 Å². The minimum Gasteiger partial charge on any atom is -0.382 e. The second kappa shape index (κ2) is 8.58. The topological polar surface area (TPSA) is 135 Å². The Morgan fingerprint density at radius 2 is 2.10 bits per heavy atom. The summed E-state index contributed by atoms with van der Waals surface area (Å²) in [4.78, 5) is 38.8. The minimum absolute atomic E-state index is 0.0671. The van der Waals surface area contributed by atoms with Gasteiger partial charge in [0.05, 0.1) is 5.39 Å². The van der Waals surface area contributed by atoms with Crippen LogP contribution in [0.5, 0.6) is 0 Å². The lowest BCUT2D eigenvalue weighted by Gasteiger charge is -2.42. The number of carbonyl (C=O) groups is 2. The molecule has 3 aromatic rings. The molecule has 0 radical (unpaired) electrons. The van der Waals surface area contributed by atoms with E-state index in [-0.39, 0.29) is 11.8 Å². The number of rotatable bonds is 7. The molecule has 31 heavy (non-hydrogen) atoms. The molecule has 10 nitrogen and oxygen atoms in total.